The first-order valence-corrected chi connectivity index (χ1v) is 33.8. The standard InChI is InChI=1S/C68H76N6O22S2/c1-35(75)73-53-49(77)31-67(65(89)90,95-59(53)57(83)51(79)33-71-63(87)39-17-19-43-41-9-3-5-11-45(41)55(81)47(43)29-39)93-23-7-25-97-27-21-69-61(85)37-13-15-38(16-14-37)62(86)70-22-28-98-26-8-24-94-68(66(91)92)32-50(78)54(74-36(2)76)60(96-68)58(84)52(80)34-72-64(88)40-18-20-44-42-10-4-6-12-46(42)56(82)48(44)30-40/h3-6,9-20,29-30,49-54,57-60,77-80,83-84H,7-8,21-28,31-34H2,1-2H3,(H,69,85)(H,70,86)(H,71,87)(H,72,88)(H,73,75)(H,74,76)(H,89,90)(H,91,92)/t49-,50-,51+,52+,53+,54+,57?,58?,59+,60+,67+,68+/m0/s1. The van der Waals surface area contributed by atoms with E-state index in [1.165, 1.54) is 72.1 Å². The van der Waals surface area contributed by atoms with Gasteiger partial charge in [-0.1, -0.05) is 60.7 Å². The third-order valence-electron chi connectivity index (χ3n) is 16.9. The van der Waals surface area contributed by atoms with Crippen LogP contribution < -0.4 is 31.9 Å². The second-order valence-electron chi connectivity index (χ2n) is 23.8. The van der Waals surface area contributed by atoms with E-state index in [9.17, 15) is 88.8 Å². The molecule has 0 bridgehead atoms. The van der Waals surface area contributed by atoms with Crippen molar-refractivity contribution in [1.29, 1.82) is 0 Å². The smallest absolute Gasteiger partial charge is 0.364 e. The molecule has 2 saturated heterocycles. The number of carboxylic acids is 2. The number of aliphatic hydroxyl groups excluding tert-OH is 6. The molecule has 14 N–H and O–H groups in total. The summed E-state index contributed by atoms with van der Waals surface area (Å²) in [5.74, 6) is -10.7. The minimum Gasteiger partial charge on any atom is -0.477 e. The van der Waals surface area contributed by atoms with Gasteiger partial charge in [0.2, 0.25) is 11.8 Å². The van der Waals surface area contributed by atoms with Gasteiger partial charge in [-0.15, -0.1) is 0 Å². The van der Waals surface area contributed by atoms with Crippen LogP contribution in [0.15, 0.2) is 109 Å². The zero-order chi connectivity index (χ0) is 70.6. The fourth-order valence-electron chi connectivity index (χ4n) is 12.0. The highest BCUT2D eigenvalue weighted by Gasteiger charge is 2.57. The van der Waals surface area contributed by atoms with E-state index < -0.39 is 146 Å². The Hall–Kier alpha value is -8.50. The van der Waals surface area contributed by atoms with Crippen LogP contribution in [0.1, 0.15) is 113 Å². The first-order valence-electron chi connectivity index (χ1n) is 31.5. The van der Waals surface area contributed by atoms with Gasteiger partial charge in [0, 0.05) is 109 Å². The number of nitrogens with one attached hydrogen (secondary N) is 6. The minimum atomic E-state index is -2.53. The number of carbonyl (C=O) groups excluding carboxylic acids is 8. The number of aliphatic hydroxyl groups is 6. The summed E-state index contributed by atoms with van der Waals surface area (Å²) in [6.45, 7) is 1.12. The largest absolute Gasteiger partial charge is 0.477 e. The molecule has 2 fully saturated rings. The van der Waals surface area contributed by atoms with Crippen LogP contribution in [0.5, 0.6) is 0 Å². The van der Waals surface area contributed by atoms with Gasteiger partial charge >= 0.3 is 11.9 Å². The number of thioether (sulfide) groups is 2. The van der Waals surface area contributed by atoms with Crippen molar-refractivity contribution in [3.05, 3.63) is 154 Å². The van der Waals surface area contributed by atoms with Crippen LogP contribution in [0.4, 0.5) is 0 Å². The summed E-state index contributed by atoms with van der Waals surface area (Å²) in [6.07, 6.45) is -15.2. The summed E-state index contributed by atoms with van der Waals surface area (Å²) in [5.41, 5.74) is 5.14. The van der Waals surface area contributed by atoms with Crippen LogP contribution >= 0.6 is 23.5 Å². The van der Waals surface area contributed by atoms with Crippen molar-refractivity contribution in [2.45, 2.75) is 112 Å². The molecule has 30 heteroatoms. The SMILES string of the molecule is CC(=O)N[C@@H]1[C@@H](O)C[C@](OCCCSCCNC(=O)c2ccc(C(=O)NCCSCCCO[C@]3(C(=O)O)C[C@H](O)[C@@H](NC(C)=O)[C@H](C(O)[C@H](O)CNC(=O)c4ccc5c(c4)C(=O)c4ccccc4-5)O3)cc2)(C(=O)O)O[C@H]1C(O)[C@H](O)CNC(=O)c1ccc2c(c1)C(=O)c1ccccc1-2. The fraction of sp³-hybridized carbons (Fsp3) is 0.412. The Morgan fingerprint density at radius 3 is 1.17 bits per heavy atom. The molecule has 522 valence electrons. The van der Waals surface area contributed by atoms with Gasteiger partial charge in [-0.2, -0.15) is 23.5 Å². The number of hydrogen-bond acceptors (Lipinski definition) is 22. The third kappa shape index (κ3) is 17.1. The average Bonchev–Trinajstić information content (AvgIpc) is 1.35. The molecule has 0 aromatic heterocycles. The van der Waals surface area contributed by atoms with E-state index in [2.05, 4.69) is 31.9 Å². The highest BCUT2D eigenvalue weighted by molar-refractivity contribution is 7.99. The van der Waals surface area contributed by atoms with Crippen LogP contribution in [0.3, 0.4) is 0 Å². The average molecular weight is 1390 g/mol. The van der Waals surface area contributed by atoms with Crippen molar-refractivity contribution in [2.75, 3.05) is 62.4 Å². The van der Waals surface area contributed by atoms with Crippen LogP contribution in [0.2, 0.25) is 0 Å². The summed E-state index contributed by atoms with van der Waals surface area (Å²) < 4.78 is 23.2. The zero-order valence-corrected chi connectivity index (χ0v) is 54.8. The molecule has 2 unspecified atom stereocenters. The van der Waals surface area contributed by atoms with Crippen LogP contribution in [0.25, 0.3) is 22.3 Å². The van der Waals surface area contributed by atoms with Gasteiger partial charge in [0.25, 0.3) is 35.2 Å². The molecule has 98 heavy (non-hydrogen) atoms. The second-order valence-corrected chi connectivity index (χ2v) is 26.3. The number of aliphatic carboxylic acids is 2. The Morgan fingerprint density at radius 2 is 0.816 bits per heavy atom. The van der Waals surface area contributed by atoms with Gasteiger partial charge in [-0.05, 0) is 95.1 Å². The minimum absolute atomic E-state index is 0.0931. The molecule has 2 aliphatic heterocycles. The summed E-state index contributed by atoms with van der Waals surface area (Å²) >= 11 is 2.81. The highest BCUT2D eigenvalue weighted by Crippen LogP contribution is 2.40. The first kappa shape index (κ1) is 73.7. The summed E-state index contributed by atoms with van der Waals surface area (Å²) in [4.78, 5) is 128. The topological polar surface area (TPSA) is 442 Å². The molecule has 0 spiro atoms. The third-order valence-corrected chi connectivity index (χ3v) is 19.1. The monoisotopic (exact) mass is 1390 g/mol. The molecule has 6 amide bonds. The molecule has 2 aliphatic carbocycles. The van der Waals surface area contributed by atoms with E-state index in [0.717, 1.165) is 25.0 Å². The van der Waals surface area contributed by atoms with Gasteiger partial charge in [-0.3, -0.25) is 38.4 Å². The van der Waals surface area contributed by atoms with E-state index in [4.69, 9.17) is 18.9 Å². The number of rotatable bonds is 32. The lowest BCUT2D eigenvalue weighted by molar-refractivity contribution is -0.310. The molecule has 4 aliphatic rings. The molecule has 28 nitrogen and oxygen atoms in total. The van der Waals surface area contributed by atoms with E-state index in [-0.39, 0.29) is 73.0 Å². The Kier molecular flexibility index (Phi) is 24.8. The van der Waals surface area contributed by atoms with E-state index in [1.54, 1.807) is 60.7 Å². The van der Waals surface area contributed by atoms with E-state index >= 15 is 0 Å². The Bertz CT molecular complexity index is 3580. The molecule has 9 rings (SSSR count). The van der Waals surface area contributed by atoms with Gasteiger partial charge in [0.1, 0.15) is 24.4 Å². The van der Waals surface area contributed by atoms with Gasteiger partial charge < -0.3 is 91.7 Å². The van der Waals surface area contributed by atoms with Crippen LogP contribution in [-0.4, -0.2) is 235 Å². The molecule has 0 radical (unpaired) electrons. The predicted octanol–water partition coefficient (Wildman–Crippen LogP) is 1.02. The van der Waals surface area contributed by atoms with E-state index in [0.29, 0.717) is 56.4 Å². The van der Waals surface area contributed by atoms with Gasteiger partial charge in [-0.25, -0.2) is 9.59 Å². The van der Waals surface area contributed by atoms with Crippen molar-refractivity contribution in [3.8, 4) is 22.3 Å². The lowest BCUT2D eigenvalue weighted by atomic mass is 9.88. The van der Waals surface area contributed by atoms with Gasteiger partial charge in [0.15, 0.2) is 11.6 Å². The number of ether oxygens (including phenoxy) is 4. The van der Waals surface area contributed by atoms with Crippen molar-refractivity contribution in [3.63, 3.8) is 0 Å². The molecular formula is C68H76N6O22S2. The Balaban J connectivity index is 0.651. The van der Waals surface area contributed by atoms with E-state index in [1.807, 2.05) is 0 Å². The predicted molar refractivity (Wildman–Crippen MR) is 353 cm³/mol. The summed E-state index contributed by atoms with van der Waals surface area (Å²) in [5, 5.41) is 103. The molecule has 5 aromatic carbocycles. The number of carbonyl (C=O) groups is 10. The van der Waals surface area contributed by atoms with Crippen molar-refractivity contribution < 1.29 is 108 Å². The Morgan fingerprint density at radius 1 is 0.480 bits per heavy atom. The van der Waals surface area contributed by atoms with Crippen LogP contribution in [-0.2, 0) is 38.1 Å². The lowest BCUT2D eigenvalue weighted by Gasteiger charge is -2.46. The van der Waals surface area contributed by atoms with Crippen molar-refractivity contribution >= 4 is 82.5 Å². The molecule has 12 atom stereocenters. The molecule has 5 aromatic rings. The Labute approximate surface area is 569 Å². The number of carboxylic acid groups (broad SMARTS) is 2. The lowest BCUT2D eigenvalue weighted by Crippen LogP contribution is -2.68. The number of fused-ring (bicyclic) bond motifs is 6. The van der Waals surface area contributed by atoms with Gasteiger partial charge in [0.05, 0.1) is 49.7 Å². The molecular weight excluding hydrogens is 1320 g/mol. The maximum absolute atomic E-state index is 13.2. The number of ketones is 2. The molecule has 0 saturated carbocycles. The van der Waals surface area contributed by atoms with Crippen LogP contribution in [0, 0.1) is 0 Å². The number of benzene rings is 5. The maximum Gasteiger partial charge on any atom is 0.364 e. The molecule has 2 heterocycles. The zero-order valence-electron chi connectivity index (χ0n) is 53.2. The van der Waals surface area contributed by atoms with Crippen molar-refractivity contribution in [2.24, 2.45) is 0 Å². The quantitative estimate of drug-likeness (QED) is 0.0262. The number of hydrogen-bond donors (Lipinski definition) is 14. The fourth-order valence-corrected chi connectivity index (χ4v) is 13.5. The number of amides is 6. The second kappa shape index (κ2) is 32.9. The maximum atomic E-state index is 13.2. The normalized spacial score (nSPS) is 22.5. The summed E-state index contributed by atoms with van der Waals surface area (Å²) in [6, 6.07) is 26.2. The first-order chi connectivity index (χ1) is 46.8. The summed E-state index contributed by atoms with van der Waals surface area (Å²) in [7, 11) is 0. The van der Waals surface area contributed by atoms with Crippen molar-refractivity contribution in [1.82, 2.24) is 31.9 Å². The highest BCUT2D eigenvalue weighted by atomic mass is 32.2.